The van der Waals surface area contributed by atoms with Crippen molar-refractivity contribution in [2.75, 3.05) is 0 Å². The Morgan fingerprint density at radius 2 is 1.57 bits per heavy atom. The molecule has 1 aromatic heterocycles. The first-order valence-corrected chi connectivity index (χ1v) is 7.54. The molecule has 0 bridgehead atoms. The standard InChI is InChI=1S/C18H14O2S/c1-13-11-12-21-18(13)17(19)14-7-9-16(10-8-14)20-15-5-3-2-4-6-15/h2-12H,1H3. The number of aryl methyl sites for hydroxylation is 1. The minimum absolute atomic E-state index is 0.0637. The Balaban J connectivity index is 1.78. The van der Waals surface area contributed by atoms with Gasteiger partial charge in [-0.3, -0.25) is 4.79 Å². The number of hydrogen-bond acceptors (Lipinski definition) is 3. The summed E-state index contributed by atoms with van der Waals surface area (Å²) in [5.74, 6) is 1.57. The Kier molecular flexibility index (Phi) is 3.84. The van der Waals surface area contributed by atoms with Crippen molar-refractivity contribution in [3.05, 3.63) is 82.0 Å². The first kappa shape index (κ1) is 13.6. The van der Waals surface area contributed by atoms with Crippen LogP contribution in [0.3, 0.4) is 0 Å². The van der Waals surface area contributed by atoms with E-state index < -0.39 is 0 Å². The van der Waals surface area contributed by atoms with Crippen LogP contribution in [0.25, 0.3) is 0 Å². The second-order valence-corrected chi connectivity index (χ2v) is 5.62. The Labute approximate surface area is 127 Å². The van der Waals surface area contributed by atoms with Crippen molar-refractivity contribution in [2.45, 2.75) is 6.92 Å². The van der Waals surface area contributed by atoms with E-state index in [2.05, 4.69) is 0 Å². The van der Waals surface area contributed by atoms with Gasteiger partial charge in [0.15, 0.2) is 0 Å². The molecular weight excluding hydrogens is 280 g/mol. The molecule has 2 nitrogen and oxygen atoms in total. The fraction of sp³-hybridized carbons (Fsp3) is 0.0556. The summed E-state index contributed by atoms with van der Waals surface area (Å²) in [4.78, 5) is 13.2. The zero-order chi connectivity index (χ0) is 14.7. The van der Waals surface area contributed by atoms with Gasteiger partial charge < -0.3 is 4.74 Å². The van der Waals surface area contributed by atoms with E-state index in [1.54, 1.807) is 12.1 Å². The number of hydrogen-bond donors (Lipinski definition) is 0. The molecule has 0 N–H and O–H groups in total. The number of ether oxygens (including phenoxy) is 1. The molecule has 0 atom stereocenters. The van der Waals surface area contributed by atoms with Gasteiger partial charge in [0.05, 0.1) is 4.88 Å². The van der Waals surface area contributed by atoms with Crippen LogP contribution in [-0.2, 0) is 0 Å². The van der Waals surface area contributed by atoms with Crippen molar-refractivity contribution in [3.63, 3.8) is 0 Å². The molecule has 104 valence electrons. The van der Waals surface area contributed by atoms with E-state index in [-0.39, 0.29) is 5.78 Å². The molecule has 3 heteroatoms. The van der Waals surface area contributed by atoms with Gasteiger partial charge >= 0.3 is 0 Å². The van der Waals surface area contributed by atoms with E-state index in [9.17, 15) is 4.79 Å². The van der Waals surface area contributed by atoms with Crippen molar-refractivity contribution in [3.8, 4) is 11.5 Å². The van der Waals surface area contributed by atoms with Crippen molar-refractivity contribution in [2.24, 2.45) is 0 Å². The lowest BCUT2D eigenvalue weighted by molar-refractivity contribution is 0.104. The van der Waals surface area contributed by atoms with E-state index in [0.717, 1.165) is 21.9 Å². The van der Waals surface area contributed by atoms with Crippen LogP contribution >= 0.6 is 11.3 Å². The molecule has 0 aliphatic heterocycles. The number of para-hydroxylation sites is 1. The Bertz CT molecular complexity index is 742. The van der Waals surface area contributed by atoms with Gasteiger partial charge in [-0.15, -0.1) is 11.3 Å². The van der Waals surface area contributed by atoms with Crippen molar-refractivity contribution in [1.29, 1.82) is 0 Å². The van der Waals surface area contributed by atoms with E-state index in [0.29, 0.717) is 5.56 Å². The highest BCUT2D eigenvalue weighted by atomic mass is 32.1. The summed E-state index contributed by atoms with van der Waals surface area (Å²) >= 11 is 1.48. The second kappa shape index (κ2) is 5.94. The lowest BCUT2D eigenvalue weighted by atomic mass is 10.1. The summed E-state index contributed by atoms with van der Waals surface area (Å²) in [5.41, 5.74) is 1.70. The maximum Gasteiger partial charge on any atom is 0.203 e. The lowest BCUT2D eigenvalue weighted by Gasteiger charge is -2.06. The highest BCUT2D eigenvalue weighted by Crippen LogP contribution is 2.24. The molecule has 1 heterocycles. The van der Waals surface area contributed by atoms with Crippen LogP contribution in [0.5, 0.6) is 11.5 Å². The van der Waals surface area contributed by atoms with Gasteiger partial charge in [-0.1, -0.05) is 18.2 Å². The molecule has 0 spiro atoms. The summed E-state index contributed by atoms with van der Waals surface area (Å²) < 4.78 is 5.72. The predicted octanol–water partition coefficient (Wildman–Crippen LogP) is 5.08. The average Bonchev–Trinajstić information content (AvgIpc) is 2.94. The van der Waals surface area contributed by atoms with E-state index in [1.165, 1.54) is 11.3 Å². The third-order valence-corrected chi connectivity index (χ3v) is 4.18. The monoisotopic (exact) mass is 294 g/mol. The molecule has 0 radical (unpaired) electrons. The minimum atomic E-state index is 0.0637. The molecule has 2 aromatic carbocycles. The van der Waals surface area contributed by atoms with Crippen LogP contribution < -0.4 is 4.74 Å². The van der Waals surface area contributed by atoms with Gasteiger partial charge in [0, 0.05) is 5.56 Å². The van der Waals surface area contributed by atoms with Gasteiger partial charge in [-0.05, 0) is 60.3 Å². The quantitative estimate of drug-likeness (QED) is 0.627. The third-order valence-electron chi connectivity index (χ3n) is 3.16. The fourth-order valence-electron chi connectivity index (χ4n) is 2.04. The second-order valence-electron chi connectivity index (χ2n) is 4.70. The summed E-state index contributed by atoms with van der Waals surface area (Å²) in [7, 11) is 0. The lowest BCUT2D eigenvalue weighted by Crippen LogP contribution is -2.00. The Hall–Kier alpha value is -2.39. The van der Waals surface area contributed by atoms with Gasteiger partial charge in [-0.2, -0.15) is 0 Å². The number of thiophene rings is 1. The topological polar surface area (TPSA) is 26.3 Å². The Morgan fingerprint density at radius 3 is 2.19 bits per heavy atom. The van der Waals surface area contributed by atoms with Crippen LogP contribution in [0.15, 0.2) is 66.0 Å². The SMILES string of the molecule is Cc1ccsc1C(=O)c1ccc(Oc2ccccc2)cc1. The molecule has 3 rings (SSSR count). The maximum atomic E-state index is 12.4. The molecule has 21 heavy (non-hydrogen) atoms. The summed E-state index contributed by atoms with van der Waals surface area (Å²) in [6, 6.07) is 18.8. The molecule has 0 saturated heterocycles. The maximum absolute atomic E-state index is 12.4. The molecule has 0 amide bonds. The molecule has 0 aliphatic carbocycles. The van der Waals surface area contributed by atoms with Crippen LogP contribution in [0.2, 0.25) is 0 Å². The van der Waals surface area contributed by atoms with Crippen LogP contribution in [0, 0.1) is 6.92 Å². The minimum Gasteiger partial charge on any atom is -0.457 e. The van der Waals surface area contributed by atoms with Crippen LogP contribution in [0.1, 0.15) is 20.8 Å². The van der Waals surface area contributed by atoms with E-state index in [4.69, 9.17) is 4.74 Å². The zero-order valence-electron chi connectivity index (χ0n) is 11.6. The van der Waals surface area contributed by atoms with Gasteiger partial charge in [-0.25, -0.2) is 0 Å². The van der Waals surface area contributed by atoms with E-state index in [1.807, 2.05) is 60.8 Å². The highest BCUT2D eigenvalue weighted by molar-refractivity contribution is 7.12. The molecule has 0 aliphatic rings. The van der Waals surface area contributed by atoms with E-state index >= 15 is 0 Å². The van der Waals surface area contributed by atoms with Gasteiger partial charge in [0.2, 0.25) is 5.78 Å². The fourth-order valence-corrected chi connectivity index (χ4v) is 2.92. The molecule has 0 fully saturated rings. The summed E-state index contributed by atoms with van der Waals surface area (Å²) in [5, 5.41) is 1.94. The number of rotatable bonds is 4. The van der Waals surface area contributed by atoms with Crippen LogP contribution in [-0.4, -0.2) is 5.78 Å². The summed E-state index contributed by atoms with van der Waals surface area (Å²) in [6.07, 6.45) is 0. The Morgan fingerprint density at radius 1 is 0.905 bits per heavy atom. The first-order chi connectivity index (χ1) is 10.2. The zero-order valence-corrected chi connectivity index (χ0v) is 12.4. The molecular formula is C18H14O2S. The number of ketones is 1. The number of carbonyl (C=O) groups is 1. The van der Waals surface area contributed by atoms with Crippen molar-refractivity contribution in [1.82, 2.24) is 0 Å². The van der Waals surface area contributed by atoms with Crippen LogP contribution in [0.4, 0.5) is 0 Å². The normalized spacial score (nSPS) is 10.3. The van der Waals surface area contributed by atoms with Crippen molar-refractivity contribution >= 4 is 17.1 Å². The average molecular weight is 294 g/mol. The highest BCUT2D eigenvalue weighted by Gasteiger charge is 2.13. The van der Waals surface area contributed by atoms with Gasteiger partial charge in [0.1, 0.15) is 11.5 Å². The molecule has 0 unspecified atom stereocenters. The largest absolute Gasteiger partial charge is 0.457 e. The number of benzene rings is 2. The predicted molar refractivity (Wildman–Crippen MR) is 85.4 cm³/mol. The summed E-state index contributed by atoms with van der Waals surface area (Å²) in [6.45, 7) is 1.95. The smallest absolute Gasteiger partial charge is 0.203 e. The first-order valence-electron chi connectivity index (χ1n) is 6.66. The molecule has 3 aromatic rings. The molecule has 0 saturated carbocycles. The van der Waals surface area contributed by atoms with Crippen molar-refractivity contribution < 1.29 is 9.53 Å². The third kappa shape index (κ3) is 3.03. The number of carbonyl (C=O) groups excluding carboxylic acids is 1. The van der Waals surface area contributed by atoms with Gasteiger partial charge in [0.25, 0.3) is 0 Å².